The lowest BCUT2D eigenvalue weighted by molar-refractivity contribution is -0.132. The van der Waals surface area contributed by atoms with Crippen molar-refractivity contribution in [2.75, 3.05) is 0 Å². The molecule has 0 radical (unpaired) electrons. The van der Waals surface area contributed by atoms with Crippen LogP contribution in [0.2, 0.25) is 0 Å². The normalized spacial score (nSPS) is 19.8. The fourth-order valence-corrected chi connectivity index (χ4v) is 3.31. The van der Waals surface area contributed by atoms with Gasteiger partial charge in [0.15, 0.2) is 0 Å². The molecule has 0 aliphatic heterocycles. The van der Waals surface area contributed by atoms with E-state index >= 15 is 0 Å². The van der Waals surface area contributed by atoms with Crippen LogP contribution in [0.4, 0.5) is 0 Å². The Balaban J connectivity index is 1.96. The average Bonchev–Trinajstić information content (AvgIpc) is 2.38. The summed E-state index contributed by atoms with van der Waals surface area (Å²) < 4.78 is 0. The van der Waals surface area contributed by atoms with Crippen LogP contribution in [0, 0.1) is 0 Å². The minimum Gasteiger partial charge on any atom is -0.478 e. The first-order valence-electron chi connectivity index (χ1n) is 5.86. The van der Waals surface area contributed by atoms with E-state index in [1.165, 1.54) is 5.56 Å². The Labute approximate surface area is 106 Å². The van der Waals surface area contributed by atoms with Crippen molar-refractivity contribution in [1.82, 2.24) is 0 Å². The van der Waals surface area contributed by atoms with E-state index in [1.54, 1.807) is 11.8 Å². The summed E-state index contributed by atoms with van der Waals surface area (Å²) in [6.45, 7) is 0. The zero-order valence-electron chi connectivity index (χ0n) is 9.63. The van der Waals surface area contributed by atoms with Crippen LogP contribution in [-0.2, 0) is 10.5 Å². The average molecular weight is 248 g/mol. The third-order valence-corrected chi connectivity index (χ3v) is 4.31. The summed E-state index contributed by atoms with van der Waals surface area (Å²) in [5.74, 6) is 0.131. The molecule has 1 aliphatic carbocycles. The minimum absolute atomic E-state index is 0.154. The highest BCUT2D eigenvalue weighted by Crippen LogP contribution is 2.31. The Bertz CT molecular complexity index is 411. The van der Waals surface area contributed by atoms with Crippen molar-refractivity contribution >= 4 is 17.7 Å². The summed E-state index contributed by atoms with van der Waals surface area (Å²) in [7, 11) is 0. The predicted molar refractivity (Wildman–Crippen MR) is 71.1 cm³/mol. The molecule has 1 aromatic rings. The van der Waals surface area contributed by atoms with Gasteiger partial charge in [-0.05, 0) is 24.8 Å². The zero-order chi connectivity index (χ0) is 12.1. The smallest absolute Gasteiger partial charge is 0.332 e. The molecule has 3 heteroatoms. The molecule has 1 aliphatic rings. The maximum atomic E-state index is 11.1. The van der Waals surface area contributed by atoms with E-state index in [4.69, 9.17) is 5.11 Å². The third kappa shape index (κ3) is 3.37. The summed E-state index contributed by atoms with van der Waals surface area (Å²) in [4.78, 5) is 11.1. The first-order valence-corrected chi connectivity index (χ1v) is 6.91. The molecule has 1 unspecified atom stereocenters. The van der Waals surface area contributed by atoms with Gasteiger partial charge in [-0.15, -0.1) is 11.8 Å². The number of benzene rings is 1. The van der Waals surface area contributed by atoms with Gasteiger partial charge in [-0.1, -0.05) is 36.4 Å². The molecule has 0 spiro atoms. The van der Waals surface area contributed by atoms with Gasteiger partial charge in [0.2, 0.25) is 0 Å². The molecule has 1 N–H and O–H groups in total. The van der Waals surface area contributed by atoms with Gasteiger partial charge in [-0.3, -0.25) is 0 Å². The lowest BCUT2D eigenvalue weighted by atomic mass is 9.99. The fourth-order valence-electron chi connectivity index (χ4n) is 2.02. The Morgan fingerprint density at radius 1 is 1.35 bits per heavy atom. The molecule has 2 nitrogen and oxygen atoms in total. The van der Waals surface area contributed by atoms with Crippen LogP contribution in [0.25, 0.3) is 0 Å². The summed E-state index contributed by atoms with van der Waals surface area (Å²) >= 11 is 1.74. The maximum absolute atomic E-state index is 11.1. The number of carboxylic acid groups (broad SMARTS) is 1. The Kier molecular flexibility index (Phi) is 4.26. The molecule has 0 aromatic heterocycles. The molecule has 0 bridgehead atoms. The van der Waals surface area contributed by atoms with Gasteiger partial charge in [0.25, 0.3) is 0 Å². The molecule has 1 atom stereocenters. The lowest BCUT2D eigenvalue weighted by Gasteiger charge is -2.21. The van der Waals surface area contributed by atoms with Crippen LogP contribution in [0.5, 0.6) is 0 Å². The molecule has 2 rings (SSSR count). The number of thioether (sulfide) groups is 1. The number of rotatable bonds is 4. The molecule has 0 saturated heterocycles. The maximum Gasteiger partial charge on any atom is 0.332 e. The summed E-state index contributed by atoms with van der Waals surface area (Å²) in [5.41, 5.74) is 1.85. The van der Waals surface area contributed by atoms with Crippen LogP contribution in [0.1, 0.15) is 24.8 Å². The van der Waals surface area contributed by atoms with Crippen LogP contribution in [0.3, 0.4) is 0 Å². The number of aliphatic carboxylic acids is 1. The van der Waals surface area contributed by atoms with E-state index in [9.17, 15) is 4.79 Å². The molecule has 0 fully saturated rings. The second-order valence-electron chi connectivity index (χ2n) is 4.18. The summed E-state index contributed by atoms with van der Waals surface area (Å²) in [6, 6.07) is 10.2. The number of hydrogen-bond acceptors (Lipinski definition) is 2. The first-order chi connectivity index (χ1) is 8.27. The highest BCUT2D eigenvalue weighted by atomic mass is 32.2. The van der Waals surface area contributed by atoms with Gasteiger partial charge in [0, 0.05) is 16.6 Å². The first kappa shape index (κ1) is 12.2. The standard InChI is InChI=1S/C14H16O2S/c15-14(16)12-8-4-5-9-13(12)17-10-11-6-2-1-3-7-11/h1-3,6-8,13H,4-5,9-10H2,(H,15,16). The monoisotopic (exact) mass is 248 g/mol. The van der Waals surface area contributed by atoms with Crippen molar-refractivity contribution in [3.05, 3.63) is 47.5 Å². The largest absolute Gasteiger partial charge is 0.478 e. The molecule has 0 saturated carbocycles. The number of hydrogen-bond donors (Lipinski definition) is 1. The SMILES string of the molecule is O=C(O)C1=CCCCC1SCc1ccccc1. The van der Waals surface area contributed by atoms with Crippen molar-refractivity contribution in [2.24, 2.45) is 0 Å². The highest BCUT2D eigenvalue weighted by Gasteiger charge is 2.23. The molecule has 0 amide bonds. The van der Waals surface area contributed by atoms with Crippen molar-refractivity contribution in [1.29, 1.82) is 0 Å². The van der Waals surface area contributed by atoms with E-state index in [-0.39, 0.29) is 5.25 Å². The Morgan fingerprint density at radius 3 is 2.82 bits per heavy atom. The van der Waals surface area contributed by atoms with Crippen molar-refractivity contribution < 1.29 is 9.90 Å². The quantitative estimate of drug-likeness (QED) is 0.886. The van der Waals surface area contributed by atoms with Gasteiger partial charge in [-0.2, -0.15) is 0 Å². The van der Waals surface area contributed by atoms with E-state index < -0.39 is 5.97 Å². The van der Waals surface area contributed by atoms with E-state index in [2.05, 4.69) is 12.1 Å². The molecular weight excluding hydrogens is 232 g/mol. The van der Waals surface area contributed by atoms with Gasteiger partial charge >= 0.3 is 5.97 Å². The van der Waals surface area contributed by atoms with Gasteiger partial charge < -0.3 is 5.11 Å². The number of allylic oxidation sites excluding steroid dienone is 1. The second-order valence-corrected chi connectivity index (χ2v) is 5.37. The summed E-state index contributed by atoms with van der Waals surface area (Å²) in [5, 5.41) is 9.28. The van der Waals surface area contributed by atoms with Crippen LogP contribution in [0.15, 0.2) is 42.0 Å². The minimum atomic E-state index is -0.754. The van der Waals surface area contributed by atoms with Crippen LogP contribution in [-0.4, -0.2) is 16.3 Å². The zero-order valence-corrected chi connectivity index (χ0v) is 10.5. The molecule has 17 heavy (non-hydrogen) atoms. The van der Waals surface area contributed by atoms with Crippen molar-refractivity contribution in [3.8, 4) is 0 Å². The van der Waals surface area contributed by atoms with Crippen molar-refractivity contribution in [2.45, 2.75) is 30.3 Å². The van der Waals surface area contributed by atoms with E-state index in [1.807, 2.05) is 24.3 Å². The molecule has 0 heterocycles. The van der Waals surface area contributed by atoms with E-state index in [0.29, 0.717) is 5.57 Å². The predicted octanol–water partition coefficient (Wildman–Crippen LogP) is 3.48. The Hall–Kier alpha value is -1.22. The third-order valence-electron chi connectivity index (χ3n) is 2.92. The van der Waals surface area contributed by atoms with E-state index in [0.717, 1.165) is 25.0 Å². The molecular formula is C14H16O2S. The highest BCUT2D eigenvalue weighted by molar-refractivity contribution is 7.99. The summed E-state index contributed by atoms with van der Waals surface area (Å²) in [6.07, 6.45) is 4.87. The topological polar surface area (TPSA) is 37.3 Å². The number of carbonyl (C=O) groups is 1. The van der Waals surface area contributed by atoms with Crippen LogP contribution < -0.4 is 0 Å². The molecule has 1 aromatic carbocycles. The van der Waals surface area contributed by atoms with Gasteiger partial charge in [-0.25, -0.2) is 4.79 Å². The van der Waals surface area contributed by atoms with Gasteiger partial charge in [0.1, 0.15) is 0 Å². The van der Waals surface area contributed by atoms with Crippen LogP contribution >= 0.6 is 11.8 Å². The van der Waals surface area contributed by atoms with Crippen molar-refractivity contribution in [3.63, 3.8) is 0 Å². The Morgan fingerprint density at radius 2 is 2.12 bits per heavy atom. The second kappa shape index (κ2) is 5.92. The van der Waals surface area contributed by atoms with Gasteiger partial charge in [0.05, 0.1) is 0 Å². The number of carboxylic acids is 1. The molecule has 90 valence electrons. The lowest BCUT2D eigenvalue weighted by Crippen LogP contribution is -2.18. The fraction of sp³-hybridized carbons (Fsp3) is 0.357.